The van der Waals surface area contributed by atoms with Crippen LogP contribution in [-0.4, -0.2) is 76.0 Å². The van der Waals surface area contributed by atoms with E-state index < -0.39 is 11.9 Å². The topological polar surface area (TPSA) is 130 Å². The van der Waals surface area contributed by atoms with Crippen LogP contribution in [0.4, 0.5) is 0 Å². The molecule has 33 heavy (non-hydrogen) atoms. The second-order valence-corrected chi connectivity index (χ2v) is 6.50. The predicted octanol–water partition coefficient (Wildman–Crippen LogP) is 1.85. The number of rotatable bonds is 14. The number of ether oxygens (including phenoxy) is 6. The molecule has 2 aromatic carbocycles. The summed E-state index contributed by atoms with van der Waals surface area (Å²) in [6, 6.07) is 9.31. The highest BCUT2D eigenvalue weighted by Gasteiger charge is 2.14. The average molecular weight is 464 g/mol. The molecular weight excluding hydrogens is 436 g/mol. The molecule has 0 aliphatic rings. The molecule has 0 bridgehead atoms. The Hall–Kier alpha value is -3.50. The first-order valence-corrected chi connectivity index (χ1v) is 10.2. The predicted molar refractivity (Wildman–Crippen MR) is 116 cm³/mol. The highest BCUT2D eigenvalue weighted by Crippen LogP contribution is 2.30. The van der Waals surface area contributed by atoms with Gasteiger partial charge in [0, 0.05) is 6.42 Å². The molecule has 0 fully saturated rings. The third kappa shape index (κ3) is 7.85. The molecule has 10 heteroatoms. The van der Waals surface area contributed by atoms with Crippen LogP contribution in [0, 0.1) is 0 Å². The van der Waals surface area contributed by atoms with E-state index >= 15 is 0 Å². The highest BCUT2D eigenvalue weighted by molar-refractivity contribution is 5.90. The van der Waals surface area contributed by atoms with E-state index in [1.54, 1.807) is 24.3 Å². The van der Waals surface area contributed by atoms with Gasteiger partial charge in [-0.15, -0.1) is 0 Å². The first kappa shape index (κ1) is 25.8. The zero-order valence-electron chi connectivity index (χ0n) is 18.6. The van der Waals surface area contributed by atoms with Gasteiger partial charge in [-0.2, -0.15) is 0 Å². The van der Waals surface area contributed by atoms with Crippen molar-refractivity contribution in [2.75, 3.05) is 53.9 Å². The molecule has 0 saturated heterocycles. The van der Waals surface area contributed by atoms with Gasteiger partial charge in [-0.1, -0.05) is 0 Å². The number of hydrogen-bond donors (Lipinski definition) is 2. The van der Waals surface area contributed by atoms with Crippen molar-refractivity contribution in [2.24, 2.45) is 0 Å². The highest BCUT2D eigenvalue weighted by atomic mass is 16.5. The summed E-state index contributed by atoms with van der Waals surface area (Å²) in [6.07, 6.45) is 0.535. The van der Waals surface area contributed by atoms with Crippen LogP contribution in [0.2, 0.25) is 0 Å². The van der Waals surface area contributed by atoms with Gasteiger partial charge in [-0.3, -0.25) is 0 Å². The van der Waals surface area contributed by atoms with E-state index in [9.17, 15) is 9.59 Å². The first-order valence-electron chi connectivity index (χ1n) is 10.2. The van der Waals surface area contributed by atoms with Crippen molar-refractivity contribution in [1.82, 2.24) is 0 Å². The second-order valence-electron chi connectivity index (χ2n) is 6.50. The molecule has 2 N–H and O–H groups in total. The van der Waals surface area contributed by atoms with Gasteiger partial charge in [0.25, 0.3) is 0 Å². The number of esters is 2. The van der Waals surface area contributed by atoms with E-state index in [2.05, 4.69) is 0 Å². The average Bonchev–Trinajstić information content (AvgIpc) is 2.85. The van der Waals surface area contributed by atoms with Gasteiger partial charge < -0.3 is 38.6 Å². The summed E-state index contributed by atoms with van der Waals surface area (Å²) in [4.78, 5) is 23.8. The van der Waals surface area contributed by atoms with Crippen LogP contribution in [0.3, 0.4) is 0 Å². The molecule has 2 rings (SSSR count). The molecule has 0 amide bonds. The molecule has 0 saturated carbocycles. The number of carbonyl (C=O) groups is 2. The molecule has 180 valence electrons. The van der Waals surface area contributed by atoms with Crippen molar-refractivity contribution in [1.29, 1.82) is 0 Å². The second kappa shape index (κ2) is 13.8. The molecule has 0 aliphatic carbocycles. The smallest absolute Gasteiger partial charge is 0.338 e. The zero-order chi connectivity index (χ0) is 24.1. The van der Waals surface area contributed by atoms with Crippen molar-refractivity contribution in [2.45, 2.75) is 6.42 Å². The SMILES string of the molecule is COc1cc(C(=O)OCCO)ccc1OCCCOc1ccc(C(=O)OCCO)cc1OC. The van der Waals surface area contributed by atoms with Crippen LogP contribution in [0.25, 0.3) is 0 Å². The number of methoxy groups -OCH3 is 2. The minimum atomic E-state index is -0.566. The number of aliphatic hydroxyl groups is 2. The summed E-state index contributed by atoms with van der Waals surface area (Å²) in [5.74, 6) is 0.534. The summed E-state index contributed by atoms with van der Waals surface area (Å²) in [5.41, 5.74) is 0.568. The van der Waals surface area contributed by atoms with Crippen LogP contribution in [-0.2, 0) is 9.47 Å². The fourth-order valence-corrected chi connectivity index (χ4v) is 2.69. The van der Waals surface area contributed by atoms with E-state index in [1.165, 1.54) is 26.4 Å². The number of hydrogen-bond acceptors (Lipinski definition) is 10. The van der Waals surface area contributed by atoms with E-state index in [0.29, 0.717) is 42.6 Å². The summed E-state index contributed by atoms with van der Waals surface area (Å²) < 4.78 is 31.7. The Bertz CT molecular complexity index is 839. The Labute approximate surface area is 191 Å². The molecule has 0 unspecified atom stereocenters. The first-order chi connectivity index (χ1) is 16.0. The lowest BCUT2D eigenvalue weighted by Gasteiger charge is -2.14. The monoisotopic (exact) mass is 464 g/mol. The molecule has 0 spiro atoms. The van der Waals surface area contributed by atoms with Crippen molar-refractivity contribution < 1.29 is 48.2 Å². The van der Waals surface area contributed by atoms with Gasteiger partial charge in [0.1, 0.15) is 13.2 Å². The minimum Gasteiger partial charge on any atom is -0.493 e. The van der Waals surface area contributed by atoms with Crippen LogP contribution in [0.15, 0.2) is 36.4 Å². The van der Waals surface area contributed by atoms with Gasteiger partial charge in [0.15, 0.2) is 23.0 Å². The van der Waals surface area contributed by atoms with Crippen LogP contribution in [0.5, 0.6) is 23.0 Å². The Morgan fingerprint density at radius 3 is 1.45 bits per heavy atom. The zero-order valence-corrected chi connectivity index (χ0v) is 18.6. The lowest BCUT2D eigenvalue weighted by atomic mass is 10.2. The van der Waals surface area contributed by atoms with Gasteiger partial charge in [-0.05, 0) is 36.4 Å². The van der Waals surface area contributed by atoms with Crippen molar-refractivity contribution >= 4 is 11.9 Å². The fourth-order valence-electron chi connectivity index (χ4n) is 2.69. The third-order valence-corrected chi connectivity index (χ3v) is 4.25. The largest absolute Gasteiger partial charge is 0.493 e. The minimum absolute atomic E-state index is 0.0826. The van der Waals surface area contributed by atoms with E-state index in [0.717, 1.165) is 0 Å². The van der Waals surface area contributed by atoms with Gasteiger partial charge in [0.05, 0.1) is 51.8 Å². The Balaban J connectivity index is 1.86. The Kier molecular flexibility index (Phi) is 10.8. The normalized spacial score (nSPS) is 10.3. The molecule has 0 aromatic heterocycles. The molecule has 0 heterocycles. The lowest BCUT2D eigenvalue weighted by Crippen LogP contribution is -2.10. The van der Waals surface area contributed by atoms with Gasteiger partial charge in [0.2, 0.25) is 0 Å². The van der Waals surface area contributed by atoms with E-state index in [4.69, 9.17) is 38.6 Å². The number of benzene rings is 2. The summed E-state index contributed by atoms with van der Waals surface area (Å²) >= 11 is 0. The molecule has 10 nitrogen and oxygen atoms in total. The van der Waals surface area contributed by atoms with Crippen molar-refractivity contribution in [3.8, 4) is 23.0 Å². The molecule has 0 aliphatic heterocycles. The molecule has 0 atom stereocenters. The van der Waals surface area contributed by atoms with Gasteiger partial charge in [-0.25, -0.2) is 9.59 Å². The van der Waals surface area contributed by atoms with Gasteiger partial charge >= 0.3 is 11.9 Å². The molecule has 0 radical (unpaired) electrons. The molecular formula is C23H28O10. The maximum absolute atomic E-state index is 11.9. The van der Waals surface area contributed by atoms with Crippen LogP contribution >= 0.6 is 0 Å². The maximum atomic E-state index is 11.9. The number of carbonyl (C=O) groups excluding carboxylic acids is 2. The third-order valence-electron chi connectivity index (χ3n) is 4.25. The number of aliphatic hydroxyl groups excluding tert-OH is 2. The van der Waals surface area contributed by atoms with Crippen molar-refractivity contribution in [3.63, 3.8) is 0 Å². The lowest BCUT2D eigenvalue weighted by molar-refractivity contribution is 0.0426. The maximum Gasteiger partial charge on any atom is 0.338 e. The summed E-state index contributed by atoms with van der Waals surface area (Å²) in [5, 5.41) is 17.5. The van der Waals surface area contributed by atoms with Crippen LogP contribution < -0.4 is 18.9 Å². The van der Waals surface area contributed by atoms with E-state index in [-0.39, 0.29) is 37.6 Å². The van der Waals surface area contributed by atoms with Crippen molar-refractivity contribution in [3.05, 3.63) is 47.5 Å². The Morgan fingerprint density at radius 2 is 1.09 bits per heavy atom. The quantitative estimate of drug-likeness (QED) is 0.315. The standard InChI is InChI=1S/C23H28O10/c1-28-20-14-16(22(26)32-12-8-24)4-6-18(20)30-10-3-11-31-19-7-5-17(15-21(19)29-2)23(27)33-13-9-25/h4-7,14-15,24-25H,3,8-13H2,1-2H3. The van der Waals surface area contributed by atoms with Crippen LogP contribution in [0.1, 0.15) is 27.1 Å². The summed E-state index contributed by atoms with van der Waals surface area (Å²) in [7, 11) is 2.92. The Morgan fingerprint density at radius 1 is 0.667 bits per heavy atom. The fraction of sp³-hybridized carbons (Fsp3) is 0.391. The molecule has 2 aromatic rings. The summed E-state index contributed by atoms with van der Waals surface area (Å²) in [6.45, 7) is -0.0306. The van der Waals surface area contributed by atoms with E-state index in [1.807, 2.05) is 0 Å².